The van der Waals surface area contributed by atoms with Crippen LogP contribution in [0.3, 0.4) is 0 Å². The number of aryl methyl sites for hydroxylation is 2. The summed E-state index contributed by atoms with van der Waals surface area (Å²) in [5.74, 6) is 1.22. The molecule has 1 aliphatic carbocycles. The van der Waals surface area contributed by atoms with Gasteiger partial charge in [0.1, 0.15) is 0 Å². The summed E-state index contributed by atoms with van der Waals surface area (Å²) < 4.78 is 7.93. The summed E-state index contributed by atoms with van der Waals surface area (Å²) in [7, 11) is 0. The molecule has 5 heteroatoms. The second kappa shape index (κ2) is 8.16. The van der Waals surface area contributed by atoms with Crippen LogP contribution >= 0.6 is 11.6 Å². The highest BCUT2D eigenvalue weighted by atomic mass is 35.5. The van der Waals surface area contributed by atoms with Crippen molar-refractivity contribution in [1.29, 1.82) is 0 Å². The van der Waals surface area contributed by atoms with Crippen LogP contribution in [0.4, 0.5) is 0 Å². The number of hydrogen-bond donors (Lipinski definition) is 1. The van der Waals surface area contributed by atoms with Crippen LogP contribution in [0, 0.1) is 11.8 Å². The van der Waals surface area contributed by atoms with Gasteiger partial charge in [0.05, 0.1) is 29.6 Å². The number of ether oxygens (including phenoxy) is 1. The first-order valence-corrected chi connectivity index (χ1v) is 8.60. The smallest absolute Gasteiger partial charge is 0.0900 e. The van der Waals surface area contributed by atoms with E-state index in [-0.39, 0.29) is 0 Å². The van der Waals surface area contributed by atoms with Crippen molar-refractivity contribution in [3.63, 3.8) is 0 Å². The lowest BCUT2D eigenvalue weighted by Crippen LogP contribution is -2.30. The molecule has 1 aliphatic rings. The lowest BCUT2D eigenvalue weighted by molar-refractivity contribution is 0.0480. The zero-order valence-electron chi connectivity index (χ0n) is 13.3. The van der Waals surface area contributed by atoms with Gasteiger partial charge in [-0.25, -0.2) is 0 Å². The second-order valence-electron chi connectivity index (χ2n) is 5.93. The molecule has 120 valence electrons. The molecule has 2 N–H and O–H groups in total. The van der Waals surface area contributed by atoms with Gasteiger partial charge in [-0.1, -0.05) is 31.4 Å². The molecule has 1 heterocycles. The zero-order chi connectivity index (χ0) is 15.2. The van der Waals surface area contributed by atoms with Crippen molar-refractivity contribution in [3.8, 4) is 0 Å². The fraction of sp³-hybridized carbons (Fsp3) is 0.812. The summed E-state index contributed by atoms with van der Waals surface area (Å²) in [5, 5.41) is 5.30. The molecule has 0 spiro atoms. The molecule has 0 radical (unpaired) electrons. The van der Waals surface area contributed by atoms with Crippen LogP contribution in [-0.4, -0.2) is 22.9 Å². The zero-order valence-corrected chi connectivity index (χ0v) is 14.0. The Morgan fingerprint density at radius 2 is 2.00 bits per heavy atom. The van der Waals surface area contributed by atoms with Gasteiger partial charge >= 0.3 is 0 Å². The molecule has 4 nitrogen and oxygen atoms in total. The standard InChI is InChI=1S/C16H28ClN3O/c1-3-14-16(17)15(20(4-2)19-14)11-21-10-13-8-6-5-7-12(13)9-18/h12-13H,3-11,18H2,1-2H3. The summed E-state index contributed by atoms with van der Waals surface area (Å²) in [6.45, 7) is 7.10. The lowest BCUT2D eigenvalue weighted by Gasteiger charge is -2.30. The van der Waals surface area contributed by atoms with Gasteiger partial charge in [0.15, 0.2) is 0 Å². The Bertz CT molecular complexity index is 447. The third-order valence-electron chi connectivity index (χ3n) is 4.63. The summed E-state index contributed by atoms with van der Waals surface area (Å²) >= 11 is 6.40. The summed E-state index contributed by atoms with van der Waals surface area (Å²) in [6.07, 6.45) is 5.96. The first kappa shape index (κ1) is 16.8. The molecule has 1 aromatic rings. The largest absolute Gasteiger partial charge is 0.375 e. The van der Waals surface area contributed by atoms with Gasteiger partial charge in [-0.05, 0) is 44.6 Å². The quantitative estimate of drug-likeness (QED) is 0.839. The molecular weight excluding hydrogens is 286 g/mol. The number of aromatic nitrogens is 2. The summed E-state index contributed by atoms with van der Waals surface area (Å²) in [6, 6.07) is 0. The van der Waals surface area contributed by atoms with Crippen molar-refractivity contribution >= 4 is 11.6 Å². The summed E-state index contributed by atoms with van der Waals surface area (Å²) in [5.41, 5.74) is 7.85. The van der Waals surface area contributed by atoms with E-state index in [1.807, 2.05) is 4.68 Å². The Hall–Kier alpha value is -0.580. The van der Waals surface area contributed by atoms with E-state index in [9.17, 15) is 0 Å². The average molecular weight is 314 g/mol. The predicted octanol–water partition coefficient (Wildman–Crippen LogP) is 3.40. The van der Waals surface area contributed by atoms with Crippen LogP contribution in [0.15, 0.2) is 0 Å². The first-order valence-electron chi connectivity index (χ1n) is 8.23. The van der Waals surface area contributed by atoms with Crippen LogP contribution < -0.4 is 5.73 Å². The normalized spacial score (nSPS) is 22.7. The van der Waals surface area contributed by atoms with Crippen LogP contribution in [-0.2, 0) is 24.3 Å². The molecule has 1 saturated carbocycles. The van der Waals surface area contributed by atoms with Gasteiger partial charge in [-0.2, -0.15) is 5.10 Å². The first-order chi connectivity index (χ1) is 10.2. The topological polar surface area (TPSA) is 53.1 Å². The van der Waals surface area contributed by atoms with E-state index in [0.717, 1.165) is 42.5 Å². The molecule has 2 atom stereocenters. The van der Waals surface area contributed by atoms with Crippen molar-refractivity contribution in [2.24, 2.45) is 17.6 Å². The summed E-state index contributed by atoms with van der Waals surface area (Å²) in [4.78, 5) is 0. The molecule has 21 heavy (non-hydrogen) atoms. The number of nitrogens with zero attached hydrogens (tertiary/aromatic N) is 2. The van der Waals surface area contributed by atoms with Crippen molar-refractivity contribution in [2.45, 2.75) is 59.1 Å². The van der Waals surface area contributed by atoms with E-state index in [1.54, 1.807) is 0 Å². The van der Waals surface area contributed by atoms with Crippen LogP contribution in [0.25, 0.3) is 0 Å². The van der Waals surface area contributed by atoms with E-state index in [4.69, 9.17) is 22.1 Å². The minimum atomic E-state index is 0.549. The number of rotatable bonds is 7. The van der Waals surface area contributed by atoms with E-state index in [0.29, 0.717) is 18.4 Å². The maximum Gasteiger partial charge on any atom is 0.0900 e. The molecule has 1 aromatic heterocycles. The minimum absolute atomic E-state index is 0.549. The van der Waals surface area contributed by atoms with Gasteiger partial charge in [0, 0.05) is 6.54 Å². The van der Waals surface area contributed by atoms with E-state index >= 15 is 0 Å². The monoisotopic (exact) mass is 313 g/mol. The molecule has 0 aliphatic heterocycles. The Labute approximate surface area is 133 Å². The lowest BCUT2D eigenvalue weighted by atomic mass is 9.80. The highest BCUT2D eigenvalue weighted by Crippen LogP contribution is 2.30. The molecule has 0 aromatic carbocycles. The molecule has 0 bridgehead atoms. The molecule has 0 saturated heterocycles. The van der Waals surface area contributed by atoms with Crippen molar-refractivity contribution in [3.05, 3.63) is 16.4 Å². The molecule has 0 amide bonds. The van der Waals surface area contributed by atoms with Crippen molar-refractivity contribution < 1.29 is 4.74 Å². The second-order valence-corrected chi connectivity index (χ2v) is 6.31. The Kier molecular flexibility index (Phi) is 6.52. The van der Waals surface area contributed by atoms with Gasteiger partial charge in [-0.3, -0.25) is 4.68 Å². The van der Waals surface area contributed by atoms with Gasteiger partial charge < -0.3 is 10.5 Å². The Morgan fingerprint density at radius 3 is 2.62 bits per heavy atom. The molecular formula is C16H28ClN3O. The minimum Gasteiger partial charge on any atom is -0.375 e. The highest BCUT2D eigenvalue weighted by molar-refractivity contribution is 6.31. The molecule has 1 fully saturated rings. The van der Waals surface area contributed by atoms with Crippen molar-refractivity contribution in [1.82, 2.24) is 9.78 Å². The average Bonchev–Trinajstić information content (AvgIpc) is 2.83. The van der Waals surface area contributed by atoms with E-state index in [1.165, 1.54) is 25.7 Å². The fourth-order valence-corrected chi connectivity index (χ4v) is 3.60. The SMILES string of the molecule is CCc1nn(CC)c(COCC2CCCCC2CN)c1Cl. The number of halogens is 1. The predicted molar refractivity (Wildman–Crippen MR) is 86.4 cm³/mol. The molecule has 2 unspecified atom stereocenters. The third kappa shape index (κ3) is 3.99. The Balaban J connectivity index is 1.92. The number of hydrogen-bond acceptors (Lipinski definition) is 3. The maximum atomic E-state index is 6.40. The Morgan fingerprint density at radius 1 is 1.29 bits per heavy atom. The number of nitrogens with two attached hydrogens (primary N) is 1. The fourth-order valence-electron chi connectivity index (χ4n) is 3.28. The maximum absolute atomic E-state index is 6.40. The van der Waals surface area contributed by atoms with Crippen LogP contribution in [0.2, 0.25) is 5.02 Å². The van der Waals surface area contributed by atoms with Crippen LogP contribution in [0.1, 0.15) is 50.9 Å². The van der Waals surface area contributed by atoms with E-state index < -0.39 is 0 Å². The van der Waals surface area contributed by atoms with E-state index in [2.05, 4.69) is 18.9 Å². The van der Waals surface area contributed by atoms with Crippen LogP contribution in [0.5, 0.6) is 0 Å². The molecule has 2 rings (SSSR count). The van der Waals surface area contributed by atoms with Gasteiger partial charge in [-0.15, -0.1) is 0 Å². The van der Waals surface area contributed by atoms with Crippen molar-refractivity contribution in [2.75, 3.05) is 13.2 Å². The third-order valence-corrected chi connectivity index (χ3v) is 5.07. The van der Waals surface area contributed by atoms with Gasteiger partial charge in [0.2, 0.25) is 0 Å². The van der Waals surface area contributed by atoms with Gasteiger partial charge in [0.25, 0.3) is 0 Å². The highest BCUT2D eigenvalue weighted by Gasteiger charge is 2.24.